The van der Waals surface area contributed by atoms with Gasteiger partial charge in [0.25, 0.3) is 0 Å². The normalized spacial score (nSPS) is 34.2. The van der Waals surface area contributed by atoms with Gasteiger partial charge in [0.1, 0.15) is 0 Å². The maximum atomic E-state index is 12.8. The van der Waals surface area contributed by atoms with Crippen molar-refractivity contribution >= 4 is 17.8 Å². The second-order valence-corrected chi connectivity index (χ2v) is 9.80. The number of amides is 2. The Balaban J connectivity index is 1.17. The predicted molar refractivity (Wildman–Crippen MR) is 109 cm³/mol. The summed E-state index contributed by atoms with van der Waals surface area (Å²) in [6.07, 6.45) is 11.3. The van der Waals surface area contributed by atoms with Crippen LogP contribution in [0.15, 0.2) is 18.5 Å². The summed E-state index contributed by atoms with van der Waals surface area (Å²) in [4.78, 5) is 37.8. The molecule has 1 aliphatic heterocycles. The lowest BCUT2D eigenvalue weighted by Gasteiger charge is -2.59. The van der Waals surface area contributed by atoms with Crippen LogP contribution in [0.1, 0.15) is 45.4 Å². The van der Waals surface area contributed by atoms with Crippen LogP contribution < -0.4 is 10.2 Å². The highest BCUT2D eigenvalue weighted by Crippen LogP contribution is 2.61. The van der Waals surface area contributed by atoms with Crippen LogP contribution >= 0.6 is 0 Å². The van der Waals surface area contributed by atoms with Crippen LogP contribution in [-0.2, 0) is 9.59 Å². The Bertz CT molecular complexity index is 739. The van der Waals surface area contributed by atoms with Crippen molar-refractivity contribution < 1.29 is 9.59 Å². The van der Waals surface area contributed by atoms with Gasteiger partial charge in [0.2, 0.25) is 5.95 Å². The summed E-state index contributed by atoms with van der Waals surface area (Å²) < 4.78 is 0. The van der Waals surface area contributed by atoms with Crippen LogP contribution in [-0.4, -0.2) is 58.9 Å². The van der Waals surface area contributed by atoms with Gasteiger partial charge >= 0.3 is 11.8 Å². The monoisotopic (exact) mass is 397 g/mol. The number of rotatable bonds is 3. The average Bonchev–Trinajstić information content (AvgIpc) is 2.73. The van der Waals surface area contributed by atoms with Crippen molar-refractivity contribution in [3.63, 3.8) is 0 Å². The first-order chi connectivity index (χ1) is 14.0. The highest BCUT2D eigenvalue weighted by molar-refractivity contribution is 6.35. The van der Waals surface area contributed by atoms with Crippen molar-refractivity contribution in [1.82, 2.24) is 20.2 Å². The molecule has 0 spiro atoms. The maximum absolute atomic E-state index is 12.8. The van der Waals surface area contributed by atoms with Gasteiger partial charge in [-0.1, -0.05) is 0 Å². The zero-order valence-electron chi connectivity index (χ0n) is 17.2. The molecule has 1 atom stereocenters. The maximum Gasteiger partial charge on any atom is 0.312 e. The van der Waals surface area contributed by atoms with E-state index < -0.39 is 11.8 Å². The van der Waals surface area contributed by atoms with E-state index in [1.54, 1.807) is 23.4 Å². The molecule has 1 N–H and O–H groups in total. The lowest BCUT2D eigenvalue weighted by atomic mass is 9.48. The first kappa shape index (κ1) is 18.8. The van der Waals surface area contributed by atoms with Crippen LogP contribution in [0.25, 0.3) is 0 Å². The number of hydrogen-bond acceptors (Lipinski definition) is 5. The minimum atomic E-state index is -0.433. The standard InChI is InChI=1S/C22H31N5O2/c1-15(22-12-16-9-17(13-22)11-18(10-16)14-22)25-19(28)20(29)26-5-7-27(8-6-26)21-23-3-2-4-24-21/h2-4,15-18H,5-14H2,1H3,(H,25,28). The summed E-state index contributed by atoms with van der Waals surface area (Å²) in [5.74, 6) is 2.37. The quantitative estimate of drug-likeness (QED) is 0.788. The highest BCUT2D eigenvalue weighted by atomic mass is 16.2. The first-order valence-corrected chi connectivity index (χ1v) is 11.1. The molecular weight excluding hydrogens is 366 g/mol. The molecule has 4 saturated carbocycles. The van der Waals surface area contributed by atoms with Gasteiger partial charge in [-0.2, -0.15) is 0 Å². The van der Waals surface area contributed by atoms with Gasteiger partial charge in [0, 0.05) is 44.6 Å². The fourth-order valence-electron chi connectivity index (χ4n) is 6.83. The molecule has 0 aromatic carbocycles. The van der Waals surface area contributed by atoms with E-state index in [0.29, 0.717) is 32.1 Å². The fraction of sp³-hybridized carbons (Fsp3) is 0.727. The van der Waals surface area contributed by atoms with E-state index >= 15 is 0 Å². The smallest absolute Gasteiger partial charge is 0.312 e. The molecule has 4 bridgehead atoms. The van der Waals surface area contributed by atoms with Crippen molar-refractivity contribution in [2.75, 3.05) is 31.1 Å². The largest absolute Gasteiger partial charge is 0.345 e. The van der Waals surface area contributed by atoms with E-state index in [0.717, 1.165) is 17.8 Å². The van der Waals surface area contributed by atoms with Crippen molar-refractivity contribution in [2.24, 2.45) is 23.2 Å². The van der Waals surface area contributed by atoms with Gasteiger partial charge in [-0.3, -0.25) is 9.59 Å². The summed E-state index contributed by atoms with van der Waals surface area (Å²) in [5, 5.41) is 3.11. The molecule has 2 amide bonds. The molecule has 6 rings (SSSR count). The summed E-state index contributed by atoms with van der Waals surface area (Å²) in [6.45, 7) is 4.47. The Hall–Kier alpha value is -2.18. The van der Waals surface area contributed by atoms with E-state index in [9.17, 15) is 9.59 Å². The van der Waals surface area contributed by atoms with E-state index in [2.05, 4.69) is 27.1 Å². The fourth-order valence-corrected chi connectivity index (χ4v) is 6.83. The summed E-state index contributed by atoms with van der Waals surface area (Å²) in [5.41, 5.74) is 0.216. The Morgan fingerprint density at radius 3 is 2.10 bits per heavy atom. The zero-order chi connectivity index (χ0) is 20.0. The third-order valence-corrected chi connectivity index (χ3v) is 7.95. The van der Waals surface area contributed by atoms with Gasteiger partial charge in [-0.15, -0.1) is 0 Å². The SMILES string of the molecule is CC(NC(=O)C(=O)N1CCN(c2ncccn2)CC1)C12CC3CC(CC(C3)C1)C2. The van der Waals surface area contributed by atoms with E-state index in [4.69, 9.17) is 0 Å². The number of hydrogen-bond donors (Lipinski definition) is 1. The molecule has 156 valence electrons. The molecule has 1 saturated heterocycles. The number of carbonyl (C=O) groups is 2. The summed E-state index contributed by atoms with van der Waals surface area (Å²) in [6, 6.07) is 1.87. The van der Waals surface area contributed by atoms with Gasteiger partial charge in [-0.25, -0.2) is 9.97 Å². The van der Waals surface area contributed by atoms with Gasteiger partial charge in [-0.05, 0) is 74.7 Å². The third-order valence-electron chi connectivity index (χ3n) is 7.95. The third kappa shape index (κ3) is 3.49. The number of nitrogens with one attached hydrogen (secondary N) is 1. The predicted octanol–water partition coefficient (Wildman–Crippen LogP) is 1.85. The van der Waals surface area contributed by atoms with Crippen molar-refractivity contribution in [3.05, 3.63) is 18.5 Å². The molecule has 29 heavy (non-hydrogen) atoms. The second kappa shape index (κ2) is 7.26. The molecule has 5 fully saturated rings. The van der Waals surface area contributed by atoms with Gasteiger partial charge in [0.05, 0.1) is 0 Å². The molecule has 0 radical (unpaired) electrons. The number of carbonyl (C=O) groups excluding carboxylic acids is 2. The minimum Gasteiger partial charge on any atom is -0.345 e. The number of aromatic nitrogens is 2. The van der Waals surface area contributed by atoms with Crippen molar-refractivity contribution in [3.8, 4) is 0 Å². The Labute approximate surface area is 172 Å². The molecule has 5 aliphatic rings. The lowest BCUT2D eigenvalue weighted by molar-refractivity contribution is -0.148. The average molecular weight is 398 g/mol. The molecule has 4 aliphatic carbocycles. The van der Waals surface area contributed by atoms with E-state index in [1.165, 1.54) is 38.5 Å². The highest BCUT2D eigenvalue weighted by Gasteiger charge is 2.53. The van der Waals surface area contributed by atoms with Gasteiger partial charge in [0.15, 0.2) is 0 Å². The van der Waals surface area contributed by atoms with Crippen LogP contribution in [0.3, 0.4) is 0 Å². The summed E-state index contributed by atoms with van der Waals surface area (Å²) in [7, 11) is 0. The summed E-state index contributed by atoms with van der Waals surface area (Å²) >= 11 is 0. The first-order valence-electron chi connectivity index (χ1n) is 11.1. The topological polar surface area (TPSA) is 78.4 Å². The Morgan fingerprint density at radius 2 is 1.55 bits per heavy atom. The Morgan fingerprint density at radius 1 is 1.00 bits per heavy atom. The number of nitrogens with zero attached hydrogens (tertiary/aromatic N) is 4. The molecule has 1 aromatic heterocycles. The van der Waals surface area contributed by atoms with Crippen LogP contribution in [0.4, 0.5) is 5.95 Å². The Kier molecular flexibility index (Phi) is 4.71. The minimum absolute atomic E-state index is 0.0753. The van der Waals surface area contributed by atoms with E-state index in [1.807, 2.05) is 0 Å². The molecular formula is C22H31N5O2. The number of anilines is 1. The lowest BCUT2D eigenvalue weighted by Crippen LogP contribution is -2.58. The molecule has 7 nitrogen and oxygen atoms in total. The second-order valence-electron chi connectivity index (χ2n) is 9.80. The molecule has 1 unspecified atom stereocenters. The van der Waals surface area contributed by atoms with Crippen LogP contribution in [0.5, 0.6) is 0 Å². The molecule has 2 heterocycles. The van der Waals surface area contributed by atoms with Crippen molar-refractivity contribution in [2.45, 2.75) is 51.5 Å². The van der Waals surface area contributed by atoms with E-state index in [-0.39, 0.29) is 11.5 Å². The van der Waals surface area contributed by atoms with Crippen LogP contribution in [0.2, 0.25) is 0 Å². The van der Waals surface area contributed by atoms with Crippen molar-refractivity contribution in [1.29, 1.82) is 0 Å². The number of piperazine rings is 1. The molecule has 1 aromatic rings. The zero-order valence-corrected chi connectivity index (χ0v) is 17.2. The van der Waals surface area contributed by atoms with Crippen LogP contribution in [0, 0.1) is 23.2 Å². The van der Waals surface area contributed by atoms with Gasteiger partial charge < -0.3 is 15.1 Å². The molecule has 7 heteroatoms.